The molecule has 2 aromatic rings. The minimum atomic E-state index is 0. The summed E-state index contributed by atoms with van der Waals surface area (Å²) in [7, 11) is 0. The molecule has 0 aliphatic heterocycles. The van der Waals surface area contributed by atoms with Crippen molar-refractivity contribution in [3.63, 3.8) is 0 Å². The summed E-state index contributed by atoms with van der Waals surface area (Å²) in [6.45, 7) is 0. The molecule has 0 heterocycles. The van der Waals surface area contributed by atoms with E-state index in [4.69, 9.17) is 11.1 Å². The van der Waals surface area contributed by atoms with E-state index in [1.807, 2.05) is 36.4 Å². The van der Waals surface area contributed by atoms with Crippen molar-refractivity contribution in [2.75, 3.05) is 0 Å². The summed E-state index contributed by atoms with van der Waals surface area (Å²) in [5.74, 6) is 0.106. The molecule has 2 aromatic carbocycles. The van der Waals surface area contributed by atoms with E-state index in [1.54, 1.807) is 0 Å². The van der Waals surface area contributed by atoms with Crippen LogP contribution in [0.3, 0.4) is 0 Å². The van der Waals surface area contributed by atoms with Crippen LogP contribution in [0, 0.1) is 11.5 Å². The van der Waals surface area contributed by atoms with E-state index in [1.165, 1.54) is 0 Å². The van der Waals surface area contributed by atoms with Crippen molar-refractivity contribution < 1.29 is 32.7 Å². The molecule has 2 rings (SSSR count). The molecule has 0 fully saturated rings. The fourth-order valence-electron chi connectivity index (χ4n) is 1.29. The van der Waals surface area contributed by atoms with Gasteiger partial charge < -0.3 is 5.73 Å². The summed E-state index contributed by atoms with van der Waals surface area (Å²) < 4.78 is 0. The summed E-state index contributed by atoms with van der Waals surface area (Å²) in [6, 6.07) is 14.4. The van der Waals surface area contributed by atoms with Gasteiger partial charge in [-0.25, -0.2) is 0 Å². The largest absolute Gasteiger partial charge is 0.384 e. The third kappa shape index (κ3) is 2.20. The van der Waals surface area contributed by atoms with Gasteiger partial charge >= 0.3 is 0 Å². The normalized spacial score (nSPS) is 9.43. The molecule has 0 saturated heterocycles. The molecule has 0 saturated carbocycles. The molecule has 0 bridgehead atoms. The zero-order valence-corrected chi connectivity index (χ0v) is 10.5. The zero-order valence-electron chi connectivity index (χ0n) is 7.62. The SMILES string of the molecule is N=C(N)c1ccc2c[c-]ccc2c1.[Y]. The second-order valence-electron chi connectivity index (χ2n) is 2.90. The monoisotopic (exact) mass is 258 g/mol. The molecule has 0 aliphatic rings. The first-order chi connectivity index (χ1) is 6.27. The molecule has 0 amide bonds. The molecule has 0 unspecified atom stereocenters. The molecule has 3 heteroatoms. The van der Waals surface area contributed by atoms with Crippen molar-refractivity contribution in [2.24, 2.45) is 5.73 Å². The fourth-order valence-corrected chi connectivity index (χ4v) is 1.29. The number of benzene rings is 2. The van der Waals surface area contributed by atoms with Crippen LogP contribution in [-0.2, 0) is 32.7 Å². The van der Waals surface area contributed by atoms with E-state index < -0.39 is 0 Å². The van der Waals surface area contributed by atoms with Gasteiger partial charge in [0.05, 0.1) is 0 Å². The van der Waals surface area contributed by atoms with E-state index in [0.717, 1.165) is 16.3 Å². The van der Waals surface area contributed by atoms with E-state index in [0.29, 0.717) is 0 Å². The Morgan fingerprint density at radius 2 is 2.00 bits per heavy atom. The van der Waals surface area contributed by atoms with Gasteiger partial charge in [-0.15, -0.1) is 16.8 Å². The van der Waals surface area contributed by atoms with Crippen LogP contribution >= 0.6 is 0 Å². The molecule has 2 nitrogen and oxygen atoms in total. The molecule has 3 N–H and O–H groups in total. The Balaban J connectivity index is 0.000000980. The van der Waals surface area contributed by atoms with Gasteiger partial charge in [0.15, 0.2) is 0 Å². The number of nitrogen functional groups attached to an aromatic ring is 1. The Labute approximate surface area is 108 Å². The molecule has 67 valence electrons. The summed E-state index contributed by atoms with van der Waals surface area (Å²) in [6.07, 6.45) is 0. The molecular weight excluding hydrogens is 249 g/mol. The molecule has 0 spiro atoms. The minimum absolute atomic E-state index is 0. The number of hydrogen-bond acceptors (Lipinski definition) is 1. The Kier molecular flexibility index (Phi) is 3.79. The Hall–Kier alpha value is -0.726. The van der Waals surface area contributed by atoms with Gasteiger partial charge in [0, 0.05) is 38.3 Å². The van der Waals surface area contributed by atoms with Crippen LogP contribution in [0.4, 0.5) is 0 Å². The van der Waals surface area contributed by atoms with Gasteiger partial charge in [0.25, 0.3) is 0 Å². The van der Waals surface area contributed by atoms with Crippen LogP contribution < -0.4 is 5.73 Å². The smallest absolute Gasteiger partial charge is 0.122 e. The van der Waals surface area contributed by atoms with Gasteiger partial charge in [-0.2, -0.15) is 24.3 Å². The first kappa shape index (κ1) is 11.3. The Morgan fingerprint density at radius 1 is 1.21 bits per heavy atom. The minimum Gasteiger partial charge on any atom is -0.384 e. The molecule has 0 aromatic heterocycles. The van der Waals surface area contributed by atoms with Gasteiger partial charge in [0.1, 0.15) is 5.84 Å². The fraction of sp³-hybridized carbons (Fsp3) is 0. The van der Waals surface area contributed by atoms with Crippen molar-refractivity contribution in [1.82, 2.24) is 0 Å². The third-order valence-corrected chi connectivity index (χ3v) is 2.00. The van der Waals surface area contributed by atoms with Crippen LogP contribution in [0.5, 0.6) is 0 Å². The summed E-state index contributed by atoms with van der Waals surface area (Å²) in [4.78, 5) is 0. The maximum atomic E-state index is 7.28. The standard InChI is InChI=1S/C11H9N2.Y/c12-11(13)10-6-5-8-3-1-2-4-9(8)7-10;/h2-7H,(H3,12,13);/q-1;. The predicted octanol–water partition coefficient (Wildman–Crippen LogP) is 1.92. The zero-order chi connectivity index (χ0) is 9.26. The van der Waals surface area contributed by atoms with Crippen LogP contribution in [0.2, 0.25) is 0 Å². The maximum Gasteiger partial charge on any atom is 0.122 e. The predicted molar refractivity (Wildman–Crippen MR) is 53.8 cm³/mol. The number of amidine groups is 1. The first-order valence-electron chi connectivity index (χ1n) is 4.01. The van der Waals surface area contributed by atoms with Crippen LogP contribution in [0.15, 0.2) is 36.4 Å². The van der Waals surface area contributed by atoms with Crippen molar-refractivity contribution >= 4 is 16.6 Å². The van der Waals surface area contributed by atoms with Crippen molar-refractivity contribution in [3.05, 3.63) is 48.0 Å². The van der Waals surface area contributed by atoms with E-state index >= 15 is 0 Å². The van der Waals surface area contributed by atoms with Gasteiger partial charge in [-0.1, -0.05) is 12.1 Å². The van der Waals surface area contributed by atoms with Gasteiger partial charge in [0.2, 0.25) is 0 Å². The second kappa shape index (κ2) is 4.67. The Bertz CT molecular complexity index is 466. The van der Waals surface area contributed by atoms with Crippen LogP contribution in [0.1, 0.15) is 5.56 Å². The van der Waals surface area contributed by atoms with E-state index in [2.05, 4.69) is 6.07 Å². The van der Waals surface area contributed by atoms with Crippen LogP contribution in [0.25, 0.3) is 10.8 Å². The number of nitrogens with one attached hydrogen (secondary N) is 1. The molecular formula is C11H9N2Y-. The third-order valence-electron chi connectivity index (χ3n) is 2.00. The average Bonchev–Trinajstić information content (AvgIpc) is 2.17. The van der Waals surface area contributed by atoms with Crippen molar-refractivity contribution in [1.29, 1.82) is 5.41 Å². The number of hydrogen-bond donors (Lipinski definition) is 2. The molecule has 0 atom stereocenters. The molecule has 14 heavy (non-hydrogen) atoms. The number of nitrogens with two attached hydrogens (primary N) is 1. The maximum absolute atomic E-state index is 7.28. The molecule has 1 radical (unpaired) electrons. The number of fused-ring (bicyclic) bond motifs is 1. The second-order valence-corrected chi connectivity index (χ2v) is 2.90. The van der Waals surface area contributed by atoms with Crippen molar-refractivity contribution in [2.45, 2.75) is 0 Å². The summed E-state index contributed by atoms with van der Waals surface area (Å²) in [5.41, 5.74) is 6.14. The van der Waals surface area contributed by atoms with Gasteiger partial charge in [-0.05, 0) is 0 Å². The first-order valence-corrected chi connectivity index (χ1v) is 4.01. The van der Waals surface area contributed by atoms with Gasteiger partial charge in [-0.3, -0.25) is 5.41 Å². The van der Waals surface area contributed by atoms with E-state index in [-0.39, 0.29) is 38.5 Å². The Morgan fingerprint density at radius 3 is 2.71 bits per heavy atom. The number of rotatable bonds is 1. The summed E-state index contributed by atoms with van der Waals surface area (Å²) >= 11 is 0. The molecule has 0 aliphatic carbocycles. The average molecular weight is 258 g/mol. The quantitative estimate of drug-likeness (QED) is 0.458. The van der Waals surface area contributed by atoms with Crippen molar-refractivity contribution in [3.8, 4) is 0 Å². The van der Waals surface area contributed by atoms with Crippen LogP contribution in [-0.4, -0.2) is 5.84 Å². The topological polar surface area (TPSA) is 49.9 Å². The van der Waals surface area contributed by atoms with E-state index in [9.17, 15) is 0 Å². The summed E-state index contributed by atoms with van der Waals surface area (Å²) in [5, 5.41) is 9.49.